The van der Waals surface area contributed by atoms with Crippen molar-refractivity contribution in [1.29, 1.82) is 0 Å². The van der Waals surface area contributed by atoms with Crippen molar-refractivity contribution in [2.24, 2.45) is 0 Å². The number of fused-ring (bicyclic) bond motifs is 1. The van der Waals surface area contributed by atoms with Gasteiger partial charge in [0.1, 0.15) is 5.75 Å². The first-order valence-electron chi connectivity index (χ1n) is 10.6. The van der Waals surface area contributed by atoms with Crippen LogP contribution in [0.15, 0.2) is 24.4 Å². The number of aromatic nitrogens is 1. The van der Waals surface area contributed by atoms with Gasteiger partial charge >= 0.3 is 6.09 Å². The zero-order chi connectivity index (χ0) is 20.2. The van der Waals surface area contributed by atoms with E-state index < -0.39 is 0 Å². The van der Waals surface area contributed by atoms with E-state index in [0.717, 1.165) is 76.1 Å². The maximum absolute atomic E-state index is 12.8. The minimum atomic E-state index is -0.238. The lowest BCUT2D eigenvalue weighted by Crippen LogP contribution is -2.50. The Balaban J connectivity index is 1.39. The number of hydrogen-bond donors (Lipinski definition) is 1. The molecule has 7 heteroatoms. The van der Waals surface area contributed by atoms with E-state index in [9.17, 15) is 4.79 Å². The van der Waals surface area contributed by atoms with Crippen molar-refractivity contribution in [3.8, 4) is 5.75 Å². The summed E-state index contributed by atoms with van der Waals surface area (Å²) in [5.41, 5.74) is 2.19. The minimum absolute atomic E-state index is 0.238. The fraction of sp³-hybridized carbons (Fsp3) is 0.591. The molecule has 0 saturated carbocycles. The van der Waals surface area contributed by atoms with Crippen LogP contribution in [-0.2, 0) is 11.2 Å². The summed E-state index contributed by atoms with van der Waals surface area (Å²) in [6.07, 6.45) is 4.69. The monoisotopic (exact) mass is 400 g/mol. The molecule has 1 amide bonds. The number of morpholine rings is 1. The third-order valence-corrected chi connectivity index (χ3v) is 6.06. The van der Waals surface area contributed by atoms with Crippen molar-refractivity contribution >= 4 is 17.0 Å². The first kappa shape index (κ1) is 20.2. The lowest BCUT2D eigenvalue weighted by Gasteiger charge is -2.39. The number of H-pyrrole nitrogens is 1. The van der Waals surface area contributed by atoms with Crippen LogP contribution in [0.2, 0.25) is 0 Å². The van der Waals surface area contributed by atoms with Crippen LogP contribution in [0.1, 0.15) is 18.4 Å². The molecule has 2 saturated heterocycles. The number of nitrogens with zero attached hydrogens (tertiary/aromatic N) is 3. The molecule has 29 heavy (non-hydrogen) atoms. The van der Waals surface area contributed by atoms with E-state index in [0.29, 0.717) is 11.8 Å². The zero-order valence-electron chi connectivity index (χ0n) is 17.5. The van der Waals surface area contributed by atoms with Gasteiger partial charge in [-0.25, -0.2) is 4.79 Å². The molecular weight excluding hydrogens is 368 g/mol. The first-order valence-corrected chi connectivity index (χ1v) is 10.6. The Morgan fingerprint density at radius 3 is 2.69 bits per heavy atom. The molecule has 3 heterocycles. The molecule has 158 valence electrons. The molecule has 7 nitrogen and oxygen atoms in total. The van der Waals surface area contributed by atoms with E-state index in [1.165, 1.54) is 5.56 Å². The van der Waals surface area contributed by atoms with E-state index in [4.69, 9.17) is 9.47 Å². The van der Waals surface area contributed by atoms with Gasteiger partial charge in [-0.1, -0.05) is 6.07 Å². The number of rotatable bonds is 5. The molecule has 1 N–H and O–H groups in total. The Hall–Kier alpha value is -2.09. The van der Waals surface area contributed by atoms with Crippen molar-refractivity contribution < 1.29 is 14.3 Å². The van der Waals surface area contributed by atoms with Crippen molar-refractivity contribution in [3.05, 3.63) is 30.0 Å². The maximum Gasteiger partial charge on any atom is 0.415 e. The normalized spacial score (nSPS) is 19.2. The van der Waals surface area contributed by atoms with Gasteiger partial charge in [0.15, 0.2) is 0 Å². The van der Waals surface area contributed by atoms with Gasteiger partial charge in [0, 0.05) is 55.9 Å². The number of carbonyl (C=O) groups is 1. The molecule has 2 fully saturated rings. The third kappa shape index (κ3) is 4.74. The molecular formula is C22H32N4O3. The number of likely N-dealkylation sites (tertiary alicyclic amines) is 1. The summed E-state index contributed by atoms with van der Waals surface area (Å²) in [7, 11) is 4.13. The van der Waals surface area contributed by atoms with Crippen molar-refractivity contribution in [1.82, 2.24) is 19.7 Å². The van der Waals surface area contributed by atoms with Crippen LogP contribution >= 0.6 is 0 Å². The highest BCUT2D eigenvalue weighted by molar-refractivity contribution is 5.91. The van der Waals surface area contributed by atoms with Gasteiger partial charge in [-0.2, -0.15) is 0 Å². The molecule has 0 aliphatic carbocycles. The lowest BCUT2D eigenvalue weighted by atomic mass is 10.0. The number of nitrogens with one attached hydrogen (secondary N) is 1. The Labute approximate surface area is 172 Å². The molecule has 0 bridgehead atoms. The smallest absolute Gasteiger partial charge is 0.409 e. The van der Waals surface area contributed by atoms with Gasteiger partial charge in [0.25, 0.3) is 0 Å². The predicted octanol–water partition coefficient (Wildman–Crippen LogP) is 2.57. The summed E-state index contributed by atoms with van der Waals surface area (Å²) in [5, 5.41) is 1.02. The van der Waals surface area contributed by atoms with E-state index >= 15 is 0 Å². The molecule has 0 atom stereocenters. The van der Waals surface area contributed by atoms with Crippen LogP contribution < -0.4 is 4.74 Å². The number of amides is 1. The van der Waals surface area contributed by atoms with Crippen LogP contribution in [0.4, 0.5) is 4.79 Å². The molecule has 4 rings (SSSR count). The standard InChI is InChI=1S/C22H32N4O3/c1-24(2)9-6-17-16-23-19-4-3-5-20(21(17)19)29-22(27)26-10-7-18(8-11-26)25-12-14-28-15-13-25/h3-5,16,18,23H,6-15H2,1-2H3. The Morgan fingerprint density at radius 2 is 1.97 bits per heavy atom. The summed E-state index contributed by atoms with van der Waals surface area (Å²) in [6, 6.07) is 6.41. The molecule has 0 unspecified atom stereocenters. The number of likely N-dealkylation sites (N-methyl/N-ethyl adjacent to an activating group) is 1. The van der Waals surface area contributed by atoms with Gasteiger partial charge < -0.3 is 24.3 Å². The summed E-state index contributed by atoms with van der Waals surface area (Å²) in [5.74, 6) is 0.651. The first-order chi connectivity index (χ1) is 14.1. The second kappa shape index (κ2) is 9.15. The topological polar surface area (TPSA) is 61.0 Å². The number of hydrogen-bond acceptors (Lipinski definition) is 5. The fourth-order valence-corrected chi connectivity index (χ4v) is 4.36. The number of carbonyl (C=O) groups excluding carboxylic acids is 1. The average Bonchev–Trinajstić information content (AvgIpc) is 3.17. The number of aromatic amines is 1. The quantitative estimate of drug-likeness (QED) is 0.836. The van der Waals surface area contributed by atoms with Crippen LogP contribution in [0.25, 0.3) is 10.9 Å². The summed E-state index contributed by atoms with van der Waals surface area (Å²) in [4.78, 5) is 22.7. The second-order valence-electron chi connectivity index (χ2n) is 8.28. The molecule has 1 aromatic carbocycles. The van der Waals surface area contributed by atoms with Crippen molar-refractivity contribution in [3.63, 3.8) is 0 Å². The lowest BCUT2D eigenvalue weighted by molar-refractivity contribution is 0.00236. The number of piperidine rings is 1. The van der Waals surface area contributed by atoms with Crippen LogP contribution in [0.5, 0.6) is 5.75 Å². The summed E-state index contributed by atoms with van der Waals surface area (Å²) >= 11 is 0. The van der Waals surface area contributed by atoms with Crippen molar-refractivity contribution in [2.75, 3.05) is 60.0 Å². The SMILES string of the molecule is CN(C)CCc1c[nH]c2cccc(OC(=O)N3CCC(N4CCOCC4)CC3)c12. The van der Waals surface area contributed by atoms with Gasteiger partial charge in [0.05, 0.1) is 13.2 Å². The van der Waals surface area contributed by atoms with E-state index in [-0.39, 0.29) is 6.09 Å². The summed E-state index contributed by atoms with van der Waals surface area (Å²) in [6.45, 7) is 6.08. The Kier molecular flexibility index (Phi) is 6.37. The zero-order valence-corrected chi connectivity index (χ0v) is 17.5. The highest BCUT2D eigenvalue weighted by Crippen LogP contribution is 2.30. The molecule has 0 radical (unpaired) electrons. The van der Waals surface area contributed by atoms with Crippen LogP contribution in [0, 0.1) is 0 Å². The van der Waals surface area contributed by atoms with E-state index in [2.05, 4.69) is 28.9 Å². The average molecular weight is 401 g/mol. The molecule has 2 aliphatic heterocycles. The van der Waals surface area contributed by atoms with Gasteiger partial charge in [0.2, 0.25) is 0 Å². The highest BCUT2D eigenvalue weighted by Gasteiger charge is 2.29. The van der Waals surface area contributed by atoms with Gasteiger partial charge in [-0.3, -0.25) is 4.90 Å². The molecule has 2 aromatic rings. The minimum Gasteiger partial charge on any atom is -0.409 e. The maximum atomic E-state index is 12.8. The van der Waals surface area contributed by atoms with E-state index in [1.807, 2.05) is 29.3 Å². The number of benzene rings is 1. The van der Waals surface area contributed by atoms with Gasteiger partial charge in [-0.05, 0) is 51.1 Å². The third-order valence-electron chi connectivity index (χ3n) is 6.06. The van der Waals surface area contributed by atoms with Crippen LogP contribution in [0.3, 0.4) is 0 Å². The van der Waals surface area contributed by atoms with E-state index in [1.54, 1.807) is 0 Å². The molecule has 0 spiro atoms. The second-order valence-corrected chi connectivity index (χ2v) is 8.28. The predicted molar refractivity (Wildman–Crippen MR) is 114 cm³/mol. The number of ether oxygens (including phenoxy) is 2. The largest absolute Gasteiger partial charge is 0.415 e. The highest BCUT2D eigenvalue weighted by atomic mass is 16.6. The van der Waals surface area contributed by atoms with Crippen molar-refractivity contribution in [2.45, 2.75) is 25.3 Å². The fourth-order valence-electron chi connectivity index (χ4n) is 4.36. The molecule has 2 aliphatic rings. The van der Waals surface area contributed by atoms with Gasteiger partial charge in [-0.15, -0.1) is 0 Å². The molecule has 1 aromatic heterocycles. The Bertz CT molecular complexity index is 821. The summed E-state index contributed by atoms with van der Waals surface area (Å²) < 4.78 is 11.3. The Morgan fingerprint density at radius 1 is 1.21 bits per heavy atom. The van der Waals surface area contributed by atoms with Crippen LogP contribution in [-0.4, -0.2) is 91.9 Å².